The third kappa shape index (κ3) is 4.31. The number of carbonyl (C=O) groups is 1. The van der Waals surface area contributed by atoms with Gasteiger partial charge in [-0.05, 0) is 30.2 Å². The Morgan fingerprint density at radius 2 is 1.68 bits per heavy atom. The summed E-state index contributed by atoms with van der Waals surface area (Å²) in [4.78, 5) is 11.3. The fraction of sp³-hybridized carbons (Fsp3) is 0.409. The van der Waals surface area contributed by atoms with Crippen LogP contribution in [-0.2, 0) is 11.2 Å². The van der Waals surface area contributed by atoms with Crippen molar-refractivity contribution < 1.29 is 44.5 Å². The summed E-state index contributed by atoms with van der Waals surface area (Å²) in [5, 5.41) is 50.3. The largest absolute Gasteiger partial charge is 0.507 e. The average Bonchev–Trinajstić information content (AvgIpc) is 2.75. The Balaban J connectivity index is 2.07. The van der Waals surface area contributed by atoms with Gasteiger partial charge in [-0.25, -0.2) is 4.79 Å². The first-order valence-corrected chi connectivity index (χ1v) is 9.68. The highest BCUT2D eigenvalue weighted by molar-refractivity contribution is 5.91. The Labute approximate surface area is 179 Å². The predicted molar refractivity (Wildman–Crippen MR) is 109 cm³/mol. The first kappa shape index (κ1) is 22.8. The van der Waals surface area contributed by atoms with Crippen LogP contribution in [0.1, 0.15) is 40.1 Å². The Hall–Kier alpha value is -2.85. The summed E-state index contributed by atoms with van der Waals surface area (Å²) in [6.07, 6.45) is -5.69. The molecule has 0 aromatic heterocycles. The maximum absolute atomic E-state index is 11.3. The highest BCUT2D eigenvalue weighted by Gasteiger charge is 2.43. The van der Waals surface area contributed by atoms with Crippen LogP contribution in [0.4, 0.5) is 0 Å². The molecule has 1 saturated heterocycles. The molecule has 0 radical (unpaired) electrons. The molecule has 0 saturated carbocycles. The third-order valence-electron chi connectivity index (χ3n) is 5.52. The summed E-state index contributed by atoms with van der Waals surface area (Å²) in [6.45, 7) is 1.58. The maximum Gasteiger partial charge on any atom is 0.339 e. The maximum atomic E-state index is 11.3. The molecule has 1 aliphatic heterocycles. The molecule has 0 aliphatic carbocycles. The van der Waals surface area contributed by atoms with Crippen molar-refractivity contribution in [1.29, 1.82) is 0 Å². The molecule has 5 atom stereocenters. The number of rotatable bonds is 6. The number of carboxylic acids is 1. The van der Waals surface area contributed by atoms with Crippen LogP contribution < -0.4 is 9.47 Å². The minimum absolute atomic E-state index is 0.122. The Kier molecular flexibility index (Phi) is 6.71. The molecular weight excluding hydrogens is 408 g/mol. The van der Waals surface area contributed by atoms with E-state index in [-0.39, 0.29) is 17.7 Å². The molecule has 168 valence electrons. The zero-order valence-electron chi connectivity index (χ0n) is 17.3. The lowest BCUT2D eigenvalue weighted by atomic mass is 9.89. The number of phenols is 1. The van der Waals surface area contributed by atoms with Crippen LogP contribution in [0, 0.1) is 0 Å². The molecular formula is C22H26O9. The molecule has 1 aliphatic rings. The van der Waals surface area contributed by atoms with Crippen molar-refractivity contribution in [2.75, 3.05) is 14.2 Å². The van der Waals surface area contributed by atoms with E-state index < -0.39 is 36.5 Å². The predicted octanol–water partition coefficient (Wildman–Crippen LogP) is 1.24. The minimum Gasteiger partial charge on any atom is -0.507 e. The van der Waals surface area contributed by atoms with E-state index in [1.807, 2.05) is 0 Å². The van der Waals surface area contributed by atoms with Crippen molar-refractivity contribution >= 4 is 5.97 Å². The molecule has 9 nitrogen and oxygen atoms in total. The summed E-state index contributed by atoms with van der Waals surface area (Å²) >= 11 is 0. The van der Waals surface area contributed by atoms with Crippen molar-refractivity contribution in [3.63, 3.8) is 0 Å². The van der Waals surface area contributed by atoms with Crippen molar-refractivity contribution in [2.45, 2.75) is 43.9 Å². The smallest absolute Gasteiger partial charge is 0.339 e. The molecule has 0 amide bonds. The van der Waals surface area contributed by atoms with Crippen molar-refractivity contribution in [3.8, 4) is 17.2 Å². The number of para-hydroxylation sites is 1. The van der Waals surface area contributed by atoms with Crippen LogP contribution in [0.3, 0.4) is 0 Å². The molecule has 2 aromatic rings. The minimum atomic E-state index is -1.42. The lowest BCUT2D eigenvalue weighted by Crippen LogP contribution is -2.53. The van der Waals surface area contributed by atoms with E-state index in [1.54, 1.807) is 25.1 Å². The topological polar surface area (TPSA) is 146 Å². The number of ether oxygens (including phenoxy) is 3. The van der Waals surface area contributed by atoms with Gasteiger partial charge in [-0.15, -0.1) is 0 Å². The molecule has 5 N–H and O–H groups in total. The summed E-state index contributed by atoms with van der Waals surface area (Å²) in [5.74, 6) is -0.846. The zero-order valence-corrected chi connectivity index (χ0v) is 17.3. The van der Waals surface area contributed by atoms with Gasteiger partial charge in [-0.1, -0.05) is 12.1 Å². The molecule has 1 heterocycles. The Morgan fingerprint density at radius 3 is 2.29 bits per heavy atom. The number of hydrogen-bond acceptors (Lipinski definition) is 8. The summed E-state index contributed by atoms with van der Waals surface area (Å²) in [6, 6.07) is 7.66. The van der Waals surface area contributed by atoms with Gasteiger partial charge in [0.25, 0.3) is 0 Å². The fourth-order valence-electron chi connectivity index (χ4n) is 3.77. The van der Waals surface area contributed by atoms with E-state index in [1.165, 1.54) is 26.4 Å². The van der Waals surface area contributed by atoms with E-state index in [2.05, 4.69) is 0 Å². The monoisotopic (exact) mass is 434 g/mol. The molecule has 1 fully saturated rings. The number of methoxy groups -OCH3 is 2. The number of aromatic carboxylic acids is 1. The standard InChI is InChI=1S/C22H26O9/c1-10-17(23)19(25)20(26)21(31-10)14-8-12(15(29-2)9-16(14)30-3)7-11-5-4-6-13(18(11)24)22(27)28/h4-6,8-10,17,19-21,23-26H,7H2,1-3H3,(H,27,28)/t10-,17+,19+,20-,21+/m0/s1. The van der Waals surface area contributed by atoms with E-state index in [4.69, 9.17) is 14.2 Å². The van der Waals surface area contributed by atoms with Gasteiger partial charge in [0.2, 0.25) is 0 Å². The first-order chi connectivity index (χ1) is 14.7. The first-order valence-electron chi connectivity index (χ1n) is 9.68. The van der Waals surface area contributed by atoms with Gasteiger partial charge in [-0.3, -0.25) is 0 Å². The molecule has 3 rings (SSSR count). The van der Waals surface area contributed by atoms with Gasteiger partial charge in [-0.2, -0.15) is 0 Å². The Bertz CT molecular complexity index is 958. The van der Waals surface area contributed by atoms with E-state index >= 15 is 0 Å². The fourth-order valence-corrected chi connectivity index (χ4v) is 3.77. The van der Waals surface area contributed by atoms with Crippen LogP contribution in [0.2, 0.25) is 0 Å². The molecule has 31 heavy (non-hydrogen) atoms. The number of aromatic hydroxyl groups is 1. The highest BCUT2D eigenvalue weighted by atomic mass is 16.5. The number of aliphatic hydroxyl groups is 3. The lowest BCUT2D eigenvalue weighted by molar-refractivity contribution is -0.219. The summed E-state index contributed by atoms with van der Waals surface area (Å²) < 4.78 is 16.6. The van der Waals surface area contributed by atoms with Crippen LogP contribution in [0.5, 0.6) is 17.2 Å². The third-order valence-corrected chi connectivity index (χ3v) is 5.52. The average molecular weight is 434 g/mol. The normalized spacial score (nSPS) is 25.8. The second-order valence-corrected chi connectivity index (χ2v) is 7.43. The van der Waals surface area contributed by atoms with Crippen molar-refractivity contribution in [2.24, 2.45) is 0 Å². The number of hydrogen-bond donors (Lipinski definition) is 5. The van der Waals surface area contributed by atoms with Crippen LogP contribution in [0.15, 0.2) is 30.3 Å². The molecule has 9 heteroatoms. The van der Waals surface area contributed by atoms with Crippen LogP contribution in [-0.4, -0.2) is 70.1 Å². The molecule has 0 bridgehead atoms. The van der Waals surface area contributed by atoms with Crippen molar-refractivity contribution in [1.82, 2.24) is 0 Å². The SMILES string of the molecule is COc1cc(OC)c([C@H]2O[C@@H](C)[C@@H](O)[C@@H](O)[C@@H]2O)cc1Cc1cccc(C(=O)O)c1O. The van der Waals surface area contributed by atoms with Gasteiger partial charge in [0.1, 0.15) is 47.2 Å². The highest BCUT2D eigenvalue weighted by Crippen LogP contribution is 2.41. The zero-order chi connectivity index (χ0) is 22.9. The lowest BCUT2D eigenvalue weighted by Gasteiger charge is -2.40. The van der Waals surface area contributed by atoms with Gasteiger partial charge in [0.15, 0.2) is 0 Å². The molecule has 2 aromatic carbocycles. The van der Waals surface area contributed by atoms with Crippen LogP contribution in [0.25, 0.3) is 0 Å². The van der Waals surface area contributed by atoms with Gasteiger partial charge < -0.3 is 39.7 Å². The number of carboxylic acid groups (broad SMARTS) is 1. The van der Waals surface area contributed by atoms with E-state index in [0.29, 0.717) is 28.2 Å². The molecule has 0 unspecified atom stereocenters. The second kappa shape index (κ2) is 9.11. The van der Waals surface area contributed by atoms with Gasteiger partial charge in [0, 0.05) is 18.1 Å². The summed E-state index contributed by atoms with van der Waals surface area (Å²) in [5.41, 5.74) is 1.13. The molecule has 0 spiro atoms. The quantitative estimate of drug-likeness (QED) is 0.453. The Morgan fingerprint density at radius 1 is 1.00 bits per heavy atom. The number of aliphatic hydroxyl groups excluding tert-OH is 3. The van der Waals surface area contributed by atoms with E-state index in [9.17, 15) is 30.3 Å². The van der Waals surface area contributed by atoms with E-state index in [0.717, 1.165) is 0 Å². The van der Waals surface area contributed by atoms with Gasteiger partial charge in [0.05, 0.1) is 20.3 Å². The second-order valence-electron chi connectivity index (χ2n) is 7.43. The van der Waals surface area contributed by atoms with Crippen molar-refractivity contribution in [3.05, 3.63) is 52.6 Å². The number of benzene rings is 2. The van der Waals surface area contributed by atoms with Gasteiger partial charge >= 0.3 is 5.97 Å². The summed E-state index contributed by atoms with van der Waals surface area (Å²) in [7, 11) is 2.89. The van der Waals surface area contributed by atoms with Crippen LogP contribution >= 0.6 is 0 Å².